The van der Waals surface area contributed by atoms with Crippen molar-refractivity contribution in [2.45, 2.75) is 12.5 Å². The summed E-state index contributed by atoms with van der Waals surface area (Å²) >= 11 is 0. The minimum Gasteiger partial charge on any atom is -0.337 e. The number of amides is 1. The fraction of sp³-hybridized carbons (Fsp3) is 0.286. The molecule has 3 N–H and O–H groups in total. The highest BCUT2D eigenvalue weighted by molar-refractivity contribution is 5.94. The zero-order chi connectivity index (χ0) is 13.2. The van der Waals surface area contributed by atoms with Crippen molar-refractivity contribution in [1.82, 2.24) is 15.1 Å². The molecule has 0 spiro atoms. The number of aromatic amines is 1. The van der Waals surface area contributed by atoms with E-state index >= 15 is 0 Å². The second kappa shape index (κ2) is 4.85. The number of nitrogens with zero attached hydrogens (tertiary/aromatic N) is 2. The van der Waals surface area contributed by atoms with Crippen molar-refractivity contribution in [3.63, 3.8) is 0 Å². The molecule has 0 aliphatic carbocycles. The van der Waals surface area contributed by atoms with Crippen LogP contribution in [0.3, 0.4) is 0 Å². The molecule has 0 unspecified atom stereocenters. The molecule has 1 saturated heterocycles. The fourth-order valence-corrected chi connectivity index (χ4v) is 2.37. The molecule has 2 heterocycles. The molecular formula is C14H16N4O. The average Bonchev–Trinajstić information content (AvgIpc) is 3.09. The van der Waals surface area contributed by atoms with Gasteiger partial charge in [-0.25, -0.2) is 0 Å². The van der Waals surface area contributed by atoms with Crippen LogP contribution < -0.4 is 5.73 Å². The van der Waals surface area contributed by atoms with Gasteiger partial charge in [-0.1, -0.05) is 12.1 Å². The highest BCUT2D eigenvalue weighted by Gasteiger charge is 2.24. The summed E-state index contributed by atoms with van der Waals surface area (Å²) in [6, 6.07) is 7.71. The normalized spacial score (nSPS) is 18.8. The molecule has 2 aromatic rings. The Kier molecular flexibility index (Phi) is 3.05. The number of hydrogen-bond acceptors (Lipinski definition) is 3. The molecule has 0 saturated carbocycles. The van der Waals surface area contributed by atoms with Crippen LogP contribution in [0.2, 0.25) is 0 Å². The lowest BCUT2D eigenvalue weighted by Gasteiger charge is -2.15. The summed E-state index contributed by atoms with van der Waals surface area (Å²) in [6.07, 6.45) is 4.48. The minimum atomic E-state index is 0.0618. The first-order valence-corrected chi connectivity index (χ1v) is 6.38. The van der Waals surface area contributed by atoms with Crippen molar-refractivity contribution in [1.29, 1.82) is 0 Å². The molecule has 1 aliphatic rings. The molecule has 1 fully saturated rings. The molecule has 3 rings (SSSR count). The van der Waals surface area contributed by atoms with Crippen molar-refractivity contribution in [2.24, 2.45) is 5.73 Å². The Hall–Kier alpha value is -2.14. The van der Waals surface area contributed by atoms with Crippen molar-refractivity contribution in [3.8, 4) is 11.1 Å². The van der Waals surface area contributed by atoms with E-state index in [9.17, 15) is 4.79 Å². The number of nitrogens with one attached hydrogen (secondary N) is 1. The predicted molar refractivity (Wildman–Crippen MR) is 72.5 cm³/mol. The van der Waals surface area contributed by atoms with Gasteiger partial charge < -0.3 is 10.6 Å². The first-order valence-electron chi connectivity index (χ1n) is 6.38. The van der Waals surface area contributed by atoms with Crippen LogP contribution in [-0.2, 0) is 0 Å². The van der Waals surface area contributed by atoms with E-state index in [-0.39, 0.29) is 11.9 Å². The number of likely N-dealkylation sites (tertiary alicyclic amines) is 1. The Morgan fingerprint density at radius 2 is 2.11 bits per heavy atom. The maximum atomic E-state index is 12.2. The first kappa shape index (κ1) is 11.9. The highest BCUT2D eigenvalue weighted by Crippen LogP contribution is 2.19. The molecule has 1 aromatic carbocycles. The Morgan fingerprint density at radius 3 is 2.68 bits per heavy atom. The van der Waals surface area contributed by atoms with Gasteiger partial charge in [0.05, 0.1) is 6.20 Å². The summed E-state index contributed by atoms with van der Waals surface area (Å²) in [6.45, 7) is 1.41. The molecule has 5 heteroatoms. The number of H-pyrrole nitrogens is 1. The maximum Gasteiger partial charge on any atom is 0.253 e. The van der Waals surface area contributed by atoms with E-state index in [1.165, 1.54) is 0 Å². The van der Waals surface area contributed by atoms with Gasteiger partial charge in [-0.3, -0.25) is 9.89 Å². The van der Waals surface area contributed by atoms with Gasteiger partial charge in [0.2, 0.25) is 0 Å². The van der Waals surface area contributed by atoms with Gasteiger partial charge in [-0.15, -0.1) is 0 Å². The fourth-order valence-electron chi connectivity index (χ4n) is 2.37. The van der Waals surface area contributed by atoms with Crippen LogP contribution in [0, 0.1) is 0 Å². The molecule has 0 radical (unpaired) electrons. The number of benzene rings is 1. The first-order chi connectivity index (χ1) is 9.24. The number of rotatable bonds is 2. The van der Waals surface area contributed by atoms with Gasteiger partial charge >= 0.3 is 0 Å². The van der Waals surface area contributed by atoms with Crippen LogP contribution in [0.5, 0.6) is 0 Å². The Labute approximate surface area is 111 Å². The van der Waals surface area contributed by atoms with Crippen LogP contribution in [-0.4, -0.2) is 40.1 Å². The summed E-state index contributed by atoms with van der Waals surface area (Å²) in [4.78, 5) is 14.1. The summed E-state index contributed by atoms with van der Waals surface area (Å²) in [5, 5.41) is 6.69. The largest absolute Gasteiger partial charge is 0.337 e. The lowest BCUT2D eigenvalue weighted by atomic mass is 10.1. The van der Waals surface area contributed by atoms with E-state index in [0.29, 0.717) is 12.1 Å². The Bertz CT molecular complexity index is 562. The van der Waals surface area contributed by atoms with Crippen molar-refractivity contribution in [2.75, 3.05) is 13.1 Å². The molecule has 98 valence electrons. The summed E-state index contributed by atoms with van der Waals surface area (Å²) in [5.74, 6) is 0.0618. The minimum absolute atomic E-state index is 0.0618. The second-order valence-corrected chi connectivity index (χ2v) is 4.86. The number of hydrogen-bond donors (Lipinski definition) is 2. The monoisotopic (exact) mass is 256 g/mol. The summed E-state index contributed by atoms with van der Waals surface area (Å²) in [5.41, 5.74) is 8.60. The predicted octanol–water partition coefficient (Wildman–Crippen LogP) is 1.25. The van der Waals surface area contributed by atoms with Gasteiger partial charge in [0.25, 0.3) is 5.91 Å². The van der Waals surface area contributed by atoms with Gasteiger partial charge in [-0.2, -0.15) is 5.10 Å². The molecule has 1 atom stereocenters. The molecule has 0 bridgehead atoms. The van der Waals surface area contributed by atoms with E-state index in [1.807, 2.05) is 35.4 Å². The summed E-state index contributed by atoms with van der Waals surface area (Å²) < 4.78 is 0. The van der Waals surface area contributed by atoms with Crippen molar-refractivity contribution >= 4 is 5.91 Å². The van der Waals surface area contributed by atoms with E-state index < -0.39 is 0 Å². The summed E-state index contributed by atoms with van der Waals surface area (Å²) in [7, 11) is 0. The van der Waals surface area contributed by atoms with E-state index in [4.69, 9.17) is 5.73 Å². The third kappa shape index (κ3) is 2.37. The standard InChI is InChI=1S/C14H16N4O/c15-13-5-6-18(9-13)14(19)11-3-1-10(2-4-11)12-7-16-17-8-12/h1-4,7-8,13H,5-6,9,15H2,(H,16,17)/t13-/m0/s1. The zero-order valence-electron chi connectivity index (χ0n) is 10.5. The third-order valence-corrected chi connectivity index (χ3v) is 3.48. The van der Waals surface area contributed by atoms with Gasteiger partial charge in [0, 0.05) is 36.5 Å². The molecule has 5 nitrogen and oxygen atoms in total. The van der Waals surface area contributed by atoms with Crippen LogP contribution in [0.25, 0.3) is 11.1 Å². The Balaban J connectivity index is 1.77. The number of nitrogens with two attached hydrogens (primary N) is 1. The maximum absolute atomic E-state index is 12.2. The molecular weight excluding hydrogens is 240 g/mol. The van der Waals surface area contributed by atoms with Crippen LogP contribution in [0.4, 0.5) is 0 Å². The second-order valence-electron chi connectivity index (χ2n) is 4.86. The van der Waals surface area contributed by atoms with E-state index in [0.717, 1.165) is 24.1 Å². The van der Waals surface area contributed by atoms with Crippen LogP contribution >= 0.6 is 0 Å². The van der Waals surface area contributed by atoms with Gasteiger partial charge in [0.1, 0.15) is 0 Å². The number of carbonyl (C=O) groups excluding carboxylic acids is 1. The molecule has 1 amide bonds. The van der Waals surface area contributed by atoms with Gasteiger partial charge in [0.15, 0.2) is 0 Å². The van der Waals surface area contributed by atoms with E-state index in [1.54, 1.807) is 6.20 Å². The van der Waals surface area contributed by atoms with Crippen LogP contribution in [0.1, 0.15) is 16.8 Å². The lowest BCUT2D eigenvalue weighted by molar-refractivity contribution is 0.0791. The van der Waals surface area contributed by atoms with Crippen molar-refractivity contribution in [3.05, 3.63) is 42.2 Å². The topological polar surface area (TPSA) is 75.0 Å². The molecule has 1 aromatic heterocycles. The quantitative estimate of drug-likeness (QED) is 0.849. The van der Waals surface area contributed by atoms with Crippen LogP contribution in [0.15, 0.2) is 36.7 Å². The molecule has 1 aliphatic heterocycles. The SMILES string of the molecule is N[C@H]1CCN(C(=O)c2ccc(-c3cn[nH]c3)cc2)C1. The van der Waals surface area contributed by atoms with Crippen molar-refractivity contribution < 1.29 is 4.79 Å². The smallest absolute Gasteiger partial charge is 0.253 e. The Morgan fingerprint density at radius 1 is 1.32 bits per heavy atom. The number of aromatic nitrogens is 2. The average molecular weight is 256 g/mol. The highest BCUT2D eigenvalue weighted by atomic mass is 16.2. The van der Waals surface area contributed by atoms with E-state index in [2.05, 4.69) is 10.2 Å². The molecule has 19 heavy (non-hydrogen) atoms. The third-order valence-electron chi connectivity index (χ3n) is 3.48. The van der Waals surface area contributed by atoms with Gasteiger partial charge in [-0.05, 0) is 24.1 Å². The number of carbonyl (C=O) groups is 1. The lowest BCUT2D eigenvalue weighted by Crippen LogP contribution is -2.31. The zero-order valence-corrected chi connectivity index (χ0v) is 10.5.